The Kier molecular flexibility index (Phi) is 8.28. The van der Waals surface area contributed by atoms with E-state index in [1.807, 2.05) is 40.7 Å². The molecule has 0 aromatic rings. The molecule has 8 atom stereocenters. The van der Waals surface area contributed by atoms with Crippen LogP contribution < -0.4 is 5.32 Å². The highest BCUT2D eigenvalue weighted by Crippen LogP contribution is 2.54. The van der Waals surface area contributed by atoms with Gasteiger partial charge in [0.2, 0.25) is 17.7 Å². The van der Waals surface area contributed by atoms with Crippen molar-refractivity contribution in [2.75, 3.05) is 19.7 Å². The lowest BCUT2D eigenvalue weighted by Crippen LogP contribution is -2.61. The molecule has 0 aliphatic carbocycles. The van der Waals surface area contributed by atoms with E-state index in [-0.39, 0.29) is 43.2 Å². The first-order valence-electron chi connectivity index (χ1n) is 14.1. The van der Waals surface area contributed by atoms with E-state index >= 15 is 0 Å². The fourth-order valence-electron chi connectivity index (χ4n) is 6.38. The summed E-state index contributed by atoms with van der Waals surface area (Å²) in [6, 6.07) is -1.68. The van der Waals surface area contributed by atoms with Gasteiger partial charge in [-0.1, -0.05) is 44.6 Å². The summed E-state index contributed by atoms with van der Waals surface area (Å²) < 4.78 is 12.4. The number of fused-ring (bicyclic) bond motifs is 2. The van der Waals surface area contributed by atoms with Crippen LogP contribution in [0.15, 0.2) is 24.3 Å². The van der Waals surface area contributed by atoms with Crippen LogP contribution in [0.5, 0.6) is 0 Å². The second-order valence-electron chi connectivity index (χ2n) is 12.3. The first-order chi connectivity index (χ1) is 18.4. The van der Waals surface area contributed by atoms with Crippen molar-refractivity contribution < 1.29 is 33.8 Å². The fraction of sp³-hybridized carbons (Fsp3) is 0.724. The van der Waals surface area contributed by atoms with Crippen LogP contribution in [-0.2, 0) is 28.7 Å². The van der Waals surface area contributed by atoms with Gasteiger partial charge >= 0.3 is 5.97 Å². The number of allylic oxidation sites excluding steroid dienone is 1. The zero-order chi connectivity index (χ0) is 28.7. The van der Waals surface area contributed by atoms with Crippen molar-refractivity contribution in [3.63, 3.8) is 0 Å². The average Bonchev–Trinajstić information content (AvgIpc) is 3.25. The number of cyclic esters (lactones) is 1. The predicted molar refractivity (Wildman–Crippen MR) is 143 cm³/mol. The number of amides is 3. The van der Waals surface area contributed by atoms with Crippen LogP contribution in [0.25, 0.3) is 0 Å². The molecule has 2 fully saturated rings. The van der Waals surface area contributed by atoms with E-state index in [2.05, 4.69) is 5.32 Å². The summed E-state index contributed by atoms with van der Waals surface area (Å²) in [7, 11) is 0. The third kappa shape index (κ3) is 5.13. The molecular formula is C29H43N3O7. The van der Waals surface area contributed by atoms with Crippen molar-refractivity contribution in [1.29, 1.82) is 0 Å². The molecular weight excluding hydrogens is 502 g/mol. The smallest absolute Gasteiger partial charge is 0.313 e. The number of ether oxygens (including phenoxy) is 2. The van der Waals surface area contributed by atoms with E-state index in [4.69, 9.17) is 9.47 Å². The summed E-state index contributed by atoms with van der Waals surface area (Å²) in [6.07, 6.45) is 7.10. The molecule has 4 aliphatic rings. The Balaban J connectivity index is 1.86. The van der Waals surface area contributed by atoms with Gasteiger partial charge in [-0.2, -0.15) is 0 Å². The molecule has 0 saturated carbocycles. The maximum atomic E-state index is 14.4. The maximum absolute atomic E-state index is 14.4. The molecule has 0 unspecified atom stereocenters. The lowest BCUT2D eigenvalue weighted by Gasteiger charge is -2.43. The molecule has 0 aromatic heterocycles. The Morgan fingerprint density at radius 1 is 1.18 bits per heavy atom. The van der Waals surface area contributed by atoms with Gasteiger partial charge in [-0.05, 0) is 40.0 Å². The fourth-order valence-corrected chi connectivity index (χ4v) is 6.38. The van der Waals surface area contributed by atoms with Crippen LogP contribution in [0, 0.1) is 17.8 Å². The lowest BCUT2D eigenvalue weighted by atomic mass is 9.77. The van der Waals surface area contributed by atoms with Crippen molar-refractivity contribution in [2.45, 2.75) is 96.2 Å². The molecule has 0 bridgehead atoms. The van der Waals surface area contributed by atoms with Crippen LogP contribution in [0.2, 0.25) is 0 Å². The highest BCUT2D eigenvalue weighted by atomic mass is 16.6. The van der Waals surface area contributed by atoms with Crippen molar-refractivity contribution in [3.8, 4) is 0 Å². The number of nitrogens with one attached hydrogen (secondary N) is 1. The van der Waals surface area contributed by atoms with E-state index < -0.39 is 53.2 Å². The highest BCUT2D eigenvalue weighted by molar-refractivity contribution is 5.99. The van der Waals surface area contributed by atoms with Crippen molar-refractivity contribution >= 4 is 23.7 Å². The van der Waals surface area contributed by atoms with Crippen LogP contribution in [0.4, 0.5) is 0 Å². The van der Waals surface area contributed by atoms with Crippen molar-refractivity contribution in [3.05, 3.63) is 24.3 Å². The van der Waals surface area contributed by atoms with Gasteiger partial charge in [0.05, 0.1) is 31.2 Å². The zero-order valence-electron chi connectivity index (χ0n) is 23.9. The van der Waals surface area contributed by atoms with Gasteiger partial charge in [0.15, 0.2) is 0 Å². The maximum Gasteiger partial charge on any atom is 0.313 e. The van der Waals surface area contributed by atoms with E-state index in [0.29, 0.717) is 19.4 Å². The van der Waals surface area contributed by atoms with Crippen molar-refractivity contribution in [1.82, 2.24) is 15.1 Å². The summed E-state index contributed by atoms with van der Waals surface area (Å²) in [6.45, 7) is 11.6. The Morgan fingerprint density at radius 3 is 2.54 bits per heavy atom. The Hall–Kier alpha value is -2.72. The topological polar surface area (TPSA) is 125 Å². The number of hydrogen-bond acceptors (Lipinski definition) is 7. The molecule has 1 spiro atoms. The van der Waals surface area contributed by atoms with E-state index in [1.165, 1.54) is 4.90 Å². The molecule has 3 amide bonds. The van der Waals surface area contributed by atoms with E-state index in [0.717, 1.165) is 0 Å². The SMILES string of the molecule is CC[C@H](C)[C@H](CO)N1C(=O)[C@H]2[C@@H]3C(=O)O[C@@H](C)CNC(=O)CC/C=C\[C@@H]3O[C@]23C=CCN(C(C)(C)C)C(=O)[C@H]13. The van der Waals surface area contributed by atoms with Crippen LogP contribution >= 0.6 is 0 Å². The summed E-state index contributed by atoms with van der Waals surface area (Å²) in [4.78, 5) is 57.8. The molecule has 2 saturated heterocycles. The second-order valence-corrected chi connectivity index (χ2v) is 12.3. The molecule has 39 heavy (non-hydrogen) atoms. The van der Waals surface area contributed by atoms with E-state index in [9.17, 15) is 24.3 Å². The number of rotatable bonds is 4. The molecule has 4 rings (SSSR count). The molecule has 2 N–H and O–H groups in total. The largest absolute Gasteiger partial charge is 0.460 e. The Bertz CT molecular complexity index is 1050. The van der Waals surface area contributed by atoms with E-state index in [1.54, 1.807) is 30.1 Å². The third-order valence-corrected chi connectivity index (χ3v) is 8.63. The van der Waals surface area contributed by atoms with Gasteiger partial charge in [-0.3, -0.25) is 19.2 Å². The lowest BCUT2D eigenvalue weighted by molar-refractivity contribution is -0.160. The Morgan fingerprint density at radius 2 is 1.90 bits per heavy atom. The van der Waals surface area contributed by atoms with Gasteiger partial charge in [0.25, 0.3) is 0 Å². The zero-order valence-corrected chi connectivity index (χ0v) is 23.9. The molecule has 10 heteroatoms. The standard InChI is InChI=1S/C29H43N3O7/c1-7-17(2)19(16-33)32-24-26(36)31(28(4,5)6)14-10-13-29(24)23(25(32)35)22-20(39-29)11-8-9-12-21(34)30-15-18(3)38-27(22)37/h8,10-11,13,17-20,22-24,33H,7,9,12,14-16H2,1-6H3,(H,30,34)/b11-8-/t17-,18-,19-,20-,22+,23+,24-,29+/m0/s1. The molecule has 0 radical (unpaired) electrons. The Labute approximate surface area is 230 Å². The quantitative estimate of drug-likeness (QED) is 0.406. The molecule has 4 aliphatic heterocycles. The highest BCUT2D eigenvalue weighted by Gasteiger charge is 2.73. The number of hydrogen-bond donors (Lipinski definition) is 2. The summed E-state index contributed by atoms with van der Waals surface area (Å²) in [5.41, 5.74) is -1.95. The van der Waals surface area contributed by atoms with Crippen LogP contribution in [0.1, 0.15) is 60.8 Å². The minimum Gasteiger partial charge on any atom is -0.460 e. The van der Waals surface area contributed by atoms with Crippen LogP contribution in [-0.4, -0.2) is 93.7 Å². The minimum atomic E-state index is -1.41. The van der Waals surface area contributed by atoms with Gasteiger partial charge in [-0.25, -0.2) is 0 Å². The second kappa shape index (κ2) is 11.0. The number of carbonyl (C=O) groups is 4. The average molecular weight is 546 g/mol. The van der Waals surface area contributed by atoms with Gasteiger partial charge in [0, 0.05) is 18.5 Å². The molecule has 0 aromatic carbocycles. The predicted octanol–water partition coefficient (Wildman–Crippen LogP) is 1.57. The number of nitrogens with zero attached hydrogens (tertiary/aromatic N) is 2. The number of esters is 1. The first kappa shape index (κ1) is 29.3. The van der Waals surface area contributed by atoms with Crippen LogP contribution in [0.3, 0.4) is 0 Å². The molecule has 10 nitrogen and oxygen atoms in total. The molecule has 4 heterocycles. The summed E-state index contributed by atoms with van der Waals surface area (Å²) >= 11 is 0. The molecule has 216 valence electrons. The van der Waals surface area contributed by atoms with Gasteiger partial charge in [0.1, 0.15) is 23.7 Å². The number of likely N-dealkylation sites (tertiary alicyclic amines) is 1. The number of carbonyl (C=O) groups excluding carboxylic acids is 4. The summed E-state index contributed by atoms with van der Waals surface area (Å²) in [5, 5.41) is 13.2. The van der Waals surface area contributed by atoms with Gasteiger partial charge < -0.3 is 29.7 Å². The minimum absolute atomic E-state index is 0.0967. The van der Waals surface area contributed by atoms with Gasteiger partial charge in [-0.15, -0.1) is 0 Å². The van der Waals surface area contributed by atoms with Crippen molar-refractivity contribution in [2.24, 2.45) is 17.8 Å². The number of aliphatic hydroxyl groups is 1. The summed E-state index contributed by atoms with van der Waals surface area (Å²) in [5.74, 6) is -3.51. The normalized spacial score (nSPS) is 36.0. The number of aliphatic hydroxyl groups excluding tert-OH is 1. The first-order valence-corrected chi connectivity index (χ1v) is 14.1. The monoisotopic (exact) mass is 545 g/mol. The third-order valence-electron chi connectivity index (χ3n) is 8.63.